The molecule has 1 rings (SSSR count). The molecule has 0 fully saturated rings. The van der Waals surface area contributed by atoms with E-state index in [1.54, 1.807) is 18.2 Å². The number of hydrogen-bond acceptors (Lipinski definition) is 3. The number of hydrogen-bond donors (Lipinski definition) is 0. The summed E-state index contributed by atoms with van der Waals surface area (Å²) in [6.07, 6.45) is 6.73. The van der Waals surface area contributed by atoms with E-state index in [1.165, 1.54) is 13.2 Å². The SMILES string of the molecule is COC(=O)CC1C=CC=CC1=O. The van der Waals surface area contributed by atoms with Crippen LogP contribution in [0.1, 0.15) is 6.42 Å². The Bertz CT molecular complexity index is 250. The van der Waals surface area contributed by atoms with Crippen molar-refractivity contribution in [3.05, 3.63) is 24.3 Å². The van der Waals surface area contributed by atoms with Gasteiger partial charge in [-0.05, 0) is 6.08 Å². The summed E-state index contributed by atoms with van der Waals surface area (Å²) in [6, 6.07) is 0. The van der Waals surface area contributed by atoms with E-state index < -0.39 is 0 Å². The molecule has 12 heavy (non-hydrogen) atoms. The van der Waals surface area contributed by atoms with E-state index >= 15 is 0 Å². The van der Waals surface area contributed by atoms with Crippen molar-refractivity contribution < 1.29 is 14.3 Å². The fourth-order valence-corrected chi connectivity index (χ4v) is 0.999. The van der Waals surface area contributed by atoms with E-state index in [0.717, 1.165) is 0 Å². The van der Waals surface area contributed by atoms with Crippen LogP contribution in [0.15, 0.2) is 24.3 Å². The number of allylic oxidation sites excluding steroid dienone is 4. The van der Waals surface area contributed by atoms with Gasteiger partial charge < -0.3 is 4.74 Å². The summed E-state index contributed by atoms with van der Waals surface area (Å²) in [5.74, 6) is -0.723. The average Bonchev–Trinajstić information content (AvgIpc) is 2.09. The number of esters is 1. The lowest BCUT2D eigenvalue weighted by Crippen LogP contribution is -2.16. The number of ketones is 1. The first kappa shape index (κ1) is 8.71. The number of rotatable bonds is 2. The normalized spacial score (nSPS) is 21.1. The third-order valence-electron chi connectivity index (χ3n) is 1.69. The molecule has 0 saturated carbocycles. The van der Waals surface area contributed by atoms with Gasteiger partial charge in [0, 0.05) is 0 Å². The fraction of sp³-hybridized carbons (Fsp3) is 0.333. The molecule has 0 aromatic heterocycles. The van der Waals surface area contributed by atoms with Gasteiger partial charge in [-0.15, -0.1) is 0 Å². The molecule has 1 atom stereocenters. The first-order chi connectivity index (χ1) is 5.74. The Labute approximate surface area is 70.7 Å². The lowest BCUT2D eigenvalue weighted by Gasteiger charge is -2.09. The maximum atomic E-state index is 11.1. The van der Waals surface area contributed by atoms with Crippen molar-refractivity contribution in [1.82, 2.24) is 0 Å². The predicted molar refractivity (Wildman–Crippen MR) is 43.4 cm³/mol. The van der Waals surface area contributed by atoms with E-state index in [1.807, 2.05) is 0 Å². The highest BCUT2D eigenvalue weighted by atomic mass is 16.5. The van der Waals surface area contributed by atoms with Gasteiger partial charge in [0.2, 0.25) is 0 Å². The molecular weight excluding hydrogens is 156 g/mol. The Kier molecular flexibility index (Phi) is 2.80. The minimum atomic E-state index is -0.353. The minimum absolute atomic E-state index is 0.0390. The Hall–Kier alpha value is -1.38. The van der Waals surface area contributed by atoms with Crippen LogP contribution in [0.4, 0.5) is 0 Å². The predicted octanol–water partition coefficient (Wildman–Crippen LogP) is 0.861. The average molecular weight is 166 g/mol. The summed E-state index contributed by atoms with van der Waals surface area (Å²) in [4.78, 5) is 21.9. The monoisotopic (exact) mass is 166 g/mol. The molecule has 1 aliphatic rings. The molecule has 0 heterocycles. The molecule has 0 aromatic carbocycles. The summed E-state index contributed by atoms with van der Waals surface area (Å²) >= 11 is 0. The van der Waals surface area contributed by atoms with Gasteiger partial charge in [-0.1, -0.05) is 18.2 Å². The topological polar surface area (TPSA) is 43.4 Å². The lowest BCUT2D eigenvalue weighted by atomic mass is 9.96. The van der Waals surface area contributed by atoms with Gasteiger partial charge in [0.1, 0.15) is 0 Å². The minimum Gasteiger partial charge on any atom is -0.469 e. The molecule has 0 radical (unpaired) electrons. The Morgan fingerprint density at radius 1 is 1.58 bits per heavy atom. The van der Waals surface area contributed by atoms with Crippen molar-refractivity contribution in [3.8, 4) is 0 Å². The van der Waals surface area contributed by atoms with E-state index in [-0.39, 0.29) is 24.1 Å². The van der Waals surface area contributed by atoms with Crippen LogP contribution in [0.25, 0.3) is 0 Å². The summed E-state index contributed by atoms with van der Waals surface area (Å²) in [5.41, 5.74) is 0. The maximum absolute atomic E-state index is 11.1. The molecule has 3 nitrogen and oxygen atoms in total. The van der Waals surface area contributed by atoms with Crippen LogP contribution in [0, 0.1) is 5.92 Å². The van der Waals surface area contributed by atoms with Crippen molar-refractivity contribution in [2.45, 2.75) is 6.42 Å². The van der Waals surface area contributed by atoms with E-state index in [4.69, 9.17) is 0 Å². The Morgan fingerprint density at radius 3 is 2.92 bits per heavy atom. The highest BCUT2D eigenvalue weighted by molar-refractivity contribution is 5.96. The quantitative estimate of drug-likeness (QED) is 0.571. The van der Waals surface area contributed by atoms with Gasteiger partial charge in [0.25, 0.3) is 0 Å². The summed E-state index contributed by atoms with van der Waals surface area (Å²) < 4.78 is 4.45. The molecule has 0 saturated heterocycles. The molecule has 64 valence electrons. The van der Waals surface area contributed by atoms with Crippen molar-refractivity contribution in [1.29, 1.82) is 0 Å². The van der Waals surface area contributed by atoms with Gasteiger partial charge in [-0.3, -0.25) is 9.59 Å². The second-order valence-corrected chi connectivity index (χ2v) is 2.53. The number of methoxy groups -OCH3 is 1. The van der Waals surface area contributed by atoms with Crippen LogP contribution in [0.2, 0.25) is 0 Å². The molecule has 3 heteroatoms. The van der Waals surface area contributed by atoms with Crippen molar-refractivity contribution in [2.75, 3.05) is 7.11 Å². The highest BCUT2D eigenvalue weighted by Crippen LogP contribution is 2.12. The van der Waals surface area contributed by atoms with Gasteiger partial charge >= 0.3 is 5.97 Å². The smallest absolute Gasteiger partial charge is 0.306 e. The Morgan fingerprint density at radius 2 is 2.33 bits per heavy atom. The van der Waals surface area contributed by atoms with Crippen LogP contribution in [0.3, 0.4) is 0 Å². The van der Waals surface area contributed by atoms with Crippen molar-refractivity contribution in [3.63, 3.8) is 0 Å². The number of ether oxygens (including phenoxy) is 1. The Balaban J connectivity index is 2.53. The molecule has 0 amide bonds. The molecule has 1 unspecified atom stereocenters. The fourth-order valence-electron chi connectivity index (χ4n) is 0.999. The molecule has 1 aliphatic carbocycles. The lowest BCUT2D eigenvalue weighted by molar-refractivity contribution is -0.142. The maximum Gasteiger partial charge on any atom is 0.306 e. The zero-order chi connectivity index (χ0) is 8.97. The summed E-state index contributed by atoms with van der Waals surface area (Å²) in [7, 11) is 1.31. The molecular formula is C9H10O3. The first-order valence-electron chi connectivity index (χ1n) is 3.69. The van der Waals surface area contributed by atoms with Gasteiger partial charge in [-0.25, -0.2) is 0 Å². The van der Waals surface area contributed by atoms with Gasteiger partial charge in [-0.2, -0.15) is 0 Å². The first-order valence-corrected chi connectivity index (χ1v) is 3.69. The van der Waals surface area contributed by atoms with Crippen LogP contribution >= 0.6 is 0 Å². The van der Waals surface area contributed by atoms with Crippen molar-refractivity contribution >= 4 is 11.8 Å². The number of carbonyl (C=O) groups excluding carboxylic acids is 2. The van der Waals surface area contributed by atoms with E-state index in [9.17, 15) is 9.59 Å². The number of carbonyl (C=O) groups is 2. The van der Waals surface area contributed by atoms with E-state index in [0.29, 0.717) is 0 Å². The zero-order valence-corrected chi connectivity index (χ0v) is 6.82. The molecule has 0 aliphatic heterocycles. The third kappa shape index (κ3) is 2.05. The van der Waals surface area contributed by atoms with Crippen LogP contribution in [-0.4, -0.2) is 18.9 Å². The molecule has 0 bridgehead atoms. The second-order valence-electron chi connectivity index (χ2n) is 2.53. The molecule has 0 N–H and O–H groups in total. The van der Waals surface area contributed by atoms with Gasteiger partial charge in [0.15, 0.2) is 5.78 Å². The van der Waals surface area contributed by atoms with Crippen LogP contribution in [0.5, 0.6) is 0 Å². The highest BCUT2D eigenvalue weighted by Gasteiger charge is 2.18. The van der Waals surface area contributed by atoms with Crippen LogP contribution in [-0.2, 0) is 14.3 Å². The largest absolute Gasteiger partial charge is 0.469 e. The molecule has 0 aromatic rings. The molecule has 0 spiro atoms. The van der Waals surface area contributed by atoms with Gasteiger partial charge in [0.05, 0.1) is 19.4 Å². The summed E-state index contributed by atoms with van der Waals surface area (Å²) in [6.45, 7) is 0. The van der Waals surface area contributed by atoms with Crippen LogP contribution < -0.4 is 0 Å². The zero-order valence-electron chi connectivity index (χ0n) is 6.82. The summed E-state index contributed by atoms with van der Waals surface area (Å²) in [5, 5.41) is 0. The van der Waals surface area contributed by atoms with E-state index in [2.05, 4.69) is 4.74 Å². The van der Waals surface area contributed by atoms with Crippen molar-refractivity contribution in [2.24, 2.45) is 5.92 Å². The second kappa shape index (κ2) is 3.85. The standard InChI is InChI=1S/C9H10O3/c1-12-9(11)6-7-4-2-3-5-8(7)10/h2-5,7H,6H2,1H3. The third-order valence-corrected chi connectivity index (χ3v) is 1.69.